The summed E-state index contributed by atoms with van der Waals surface area (Å²) in [5, 5.41) is 6.93. The molecule has 3 rings (SSSR count). The van der Waals surface area contributed by atoms with Crippen molar-refractivity contribution >= 4 is 34.7 Å². The van der Waals surface area contributed by atoms with Gasteiger partial charge < -0.3 is 20.1 Å². The van der Waals surface area contributed by atoms with Gasteiger partial charge in [-0.25, -0.2) is 4.98 Å². The molecule has 0 unspecified atom stereocenters. The van der Waals surface area contributed by atoms with Crippen LogP contribution in [0, 0.1) is 6.92 Å². The van der Waals surface area contributed by atoms with Crippen LogP contribution in [0.15, 0.2) is 48.5 Å². The average molecular weight is 371 g/mol. The fraction of sp³-hybridized carbons (Fsp3) is 0.158. The number of hydrogen-bond acceptors (Lipinski definition) is 6. The molecule has 2 aromatic carbocycles. The van der Waals surface area contributed by atoms with E-state index in [1.807, 2.05) is 43.3 Å². The van der Waals surface area contributed by atoms with E-state index < -0.39 is 0 Å². The molecule has 0 fully saturated rings. The van der Waals surface area contributed by atoms with Gasteiger partial charge in [0.1, 0.15) is 17.3 Å². The Morgan fingerprint density at radius 2 is 1.58 bits per heavy atom. The number of halogens is 1. The van der Waals surface area contributed by atoms with Crippen LogP contribution in [-0.2, 0) is 0 Å². The number of ether oxygens (including phenoxy) is 2. The van der Waals surface area contributed by atoms with E-state index >= 15 is 0 Å². The lowest BCUT2D eigenvalue weighted by Crippen LogP contribution is -2.02. The Morgan fingerprint density at radius 3 is 2.23 bits per heavy atom. The van der Waals surface area contributed by atoms with Gasteiger partial charge in [-0.05, 0) is 49.4 Å². The van der Waals surface area contributed by atoms with Crippen LogP contribution < -0.4 is 20.1 Å². The maximum Gasteiger partial charge on any atom is 0.229 e. The van der Waals surface area contributed by atoms with Crippen LogP contribution in [0.1, 0.15) is 5.69 Å². The highest BCUT2D eigenvalue weighted by atomic mass is 35.5. The monoisotopic (exact) mass is 370 g/mol. The van der Waals surface area contributed by atoms with Crippen molar-refractivity contribution in [2.75, 3.05) is 24.9 Å². The van der Waals surface area contributed by atoms with Crippen molar-refractivity contribution in [3.63, 3.8) is 0 Å². The summed E-state index contributed by atoms with van der Waals surface area (Å²) in [7, 11) is 3.22. The van der Waals surface area contributed by atoms with Crippen LogP contribution in [0.2, 0.25) is 5.02 Å². The highest BCUT2D eigenvalue weighted by Gasteiger charge is 2.06. The SMILES string of the molecule is COc1ccc(Nc2cc(C)nc(Nc3ccc(OC)c(Cl)c3)n2)cc1. The Hall–Kier alpha value is -2.99. The van der Waals surface area contributed by atoms with E-state index in [1.54, 1.807) is 26.4 Å². The molecule has 1 aromatic heterocycles. The van der Waals surface area contributed by atoms with Gasteiger partial charge in [-0.1, -0.05) is 11.6 Å². The molecule has 0 radical (unpaired) electrons. The lowest BCUT2D eigenvalue weighted by Gasteiger charge is -2.11. The van der Waals surface area contributed by atoms with Gasteiger partial charge in [0.25, 0.3) is 0 Å². The molecule has 0 atom stereocenters. The van der Waals surface area contributed by atoms with Crippen molar-refractivity contribution in [3.05, 3.63) is 59.2 Å². The highest BCUT2D eigenvalue weighted by molar-refractivity contribution is 6.32. The number of anilines is 4. The maximum absolute atomic E-state index is 6.16. The zero-order chi connectivity index (χ0) is 18.5. The van der Waals surface area contributed by atoms with Gasteiger partial charge in [0.15, 0.2) is 0 Å². The van der Waals surface area contributed by atoms with E-state index in [-0.39, 0.29) is 0 Å². The summed E-state index contributed by atoms with van der Waals surface area (Å²) < 4.78 is 10.3. The minimum absolute atomic E-state index is 0.474. The average Bonchev–Trinajstić information content (AvgIpc) is 2.62. The number of hydrogen-bond donors (Lipinski definition) is 2. The third-order valence-corrected chi connectivity index (χ3v) is 3.92. The number of rotatable bonds is 6. The number of benzene rings is 2. The van der Waals surface area contributed by atoms with E-state index in [4.69, 9.17) is 21.1 Å². The molecule has 0 bridgehead atoms. The minimum Gasteiger partial charge on any atom is -0.497 e. The standard InChI is InChI=1S/C19H19ClN4O2/c1-12-10-18(22-13-4-7-15(25-2)8-5-13)24-19(21-12)23-14-6-9-17(26-3)16(20)11-14/h4-11H,1-3H3,(H2,21,22,23,24). The molecular weight excluding hydrogens is 352 g/mol. The predicted octanol–water partition coefficient (Wildman–Crippen LogP) is 4.94. The van der Waals surface area contributed by atoms with Crippen LogP contribution in [-0.4, -0.2) is 24.2 Å². The molecule has 0 amide bonds. The van der Waals surface area contributed by atoms with Crippen molar-refractivity contribution < 1.29 is 9.47 Å². The largest absolute Gasteiger partial charge is 0.497 e. The van der Waals surface area contributed by atoms with Crippen molar-refractivity contribution in [1.82, 2.24) is 9.97 Å². The fourth-order valence-electron chi connectivity index (χ4n) is 2.38. The Morgan fingerprint density at radius 1 is 0.846 bits per heavy atom. The molecule has 26 heavy (non-hydrogen) atoms. The third kappa shape index (κ3) is 4.34. The summed E-state index contributed by atoms with van der Waals surface area (Å²) in [5.74, 6) is 2.57. The molecule has 7 heteroatoms. The number of aromatic nitrogens is 2. The maximum atomic E-state index is 6.16. The number of nitrogens with one attached hydrogen (secondary N) is 2. The van der Waals surface area contributed by atoms with Gasteiger partial charge in [0.05, 0.1) is 19.2 Å². The van der Waals surface area contributed by atoms with Crippen LogP contribution in [0.3, 0.4) is 0 Å². The molecule has 2 N–H and O–H groups in total. The summed E-state index contributed by atoms with van der Waals surface area (Å²) in [4.78, 5) is 8.91. The number of methoxy groups -OCH3 is 2. The van der Waals surface area contributed by atoms with E-state index in [0.717, 1.165) is 22.8 Å². The first-order chi connectivity index (χ1) is 12.6. The van der Waals surface area contributed by atoms with E-state index in [2.05, 4.69) is 20.6 Å². The van der Waals surface area contributed by atoms with Gasteiger partial charge in [0.2, 0.25) is 5.95 Å². The van der Waals surface area contributed by atoms with Gasteiger partial charge in [0, 0.05) is 23.1 Å². The molecule has 0 aliphatic carbocycles. The van der Waals surface area contributed by atoms with Crippen molar-refractivity contribution in [2.45, 2.75) is 6.92 Å². The normalized spacial score (nSPS) is 10.3. The van der Waals surface area contributed by atoms with Crippen LogP contribution in [0.4, 0.5) is 23.1 Å². The second-order valence-corrected chi connectivity index (χ2v) is 5.95. The minimum atomic E-state index is 0.474. The van der Waals surface area contributed by atoms with Gasteiger partial charge in [-0.15, -0.1) is 0 Å². The number of aryl methyl sites for hydroxylation is 1. The molecule has 0 spiro atoms. The quantitative estimate of drug-likeness (QED) is 0.640. The molecule has 0 saturated carbocycles. The summed E-state index contributed by atoms with van der Waals surface area (Å²) >= 11 is 6.16. The predicted molar refractivity (Wildman–Crippen MR) is 104 cm³/mol. The highest BCUT2D eigenvalue weighted by Crippen LogP contribution is 2.28. The molecule has 134 valence electrons. The van der Waals surface area contributed by atoms with Gasteiger partial charge >= 0.3 is 0 Å². The summed E-state index contributed by atoms with van der Waals surface area (Å²) in [6, 6.07) is 14.9. The summed E-state index contributed by atoms with van der Waals surface area (Å²) in [6.07, 6.45) is 0. The van der Waals surface area contributed by atoms with Gasteiger partial charge in [-0.3, -0.25) is 0 Å². The van der Waals surface area contributed by atoms with Crippen molar-refractivity contribution in [2.24, 2.45) is 0 Å². The molecular formula is C19H19ClN4O2. The first-order valence-electron chi connectivity index (χ1n) is 7.94. The van der Waals surface area contributed by atoms with Crippen LogP contribution in [0.5, 0.6) is 11.5 Å². The Bertz CT molecular complexity index is 901. The lowest BCUT2D eigenvalue weighted by atomic mass is 10.3. The molecule has 0 aliphatic heterocycles. The number of nitrogens with zero attached hydrogens (tertiary/aromatic N) is 2. The first-order valence-corrected chi connectivity index (χ1v) is 8.32. The van der Waals surface area contributed by atoms with Crippen molar-refractivity contribution in [1.29, 1.82) is 0 Å². The van der Waals surface area contributed by atoms with E-state index in [1.165, 1.54) is 0 Å². The second kappa shape index (κ2) is 7.93. The molecule has 3 aromatic rings. The Balaban J connectivity index is 1.79. The third-order valence-electron chi connectivity index (χ3n) is 3.62. The Kier molecular flexibility index (Phi) is 5.43. The van der Waals surface area contributed by atoms with E-state index in [0.29, 0.717) is 22.5 Å². The van der Waals surface area contributed by atoms with E-state index in [9.17, 15) is 0 Å². The van der Waals surface area contributed by atoms with Crippen LogP contribution >= 0.6 is 11.6 Å². The summed E-state index contributed by atoms with van der Waals surface area (Å²) in [6.45, 7) is 1.91. The molecule has 6 nitrogen and oxygen atoms in total. The second-order valence-electron chi connectivity index (χ2n) is 5.55. The smallest absolute Gasteiger partial charge is 0.229 e. The first kappa shape index (κ1) is 17.8. The molecule has 0 saturated heterocycles. The zero-order valence-corrected chi connectivity index (χ0v) is 15.5. The molecule has 1 heterocycles. The topological polar surface area (TPSA) is 68.3 Å². The molecule has 0 aliphatic rings. The fourth-order valence-corrected chi connectivity index (χ4v) is 2.64. The lowest BCUT2D eigenvalue weighted by molar-refractivity contribution is 0.415. The van der Waals surface area contributed by atoms with Crippen LogP contribution in [0.25, 0.3) is 0 Å². The Labute approximate surface area is 157 Å². The van der Waals surface area contributed by atoms with Gasteiger partial charge in [-0.2, -0.15) is 4.98 Å². The van der Waals surface area contributed by atoms with Crippen molar-refractivity contribution in [3.8, 4) is 11.5 Å². The summed E-state index contributed by atoms with van der Waals surface area (Å²) in [5.41, 5.74) is 2.51. The zero-order valence-electron chi connectivity index (χ0n) is 14.7.